The molecule has 0 aliphatic rings. The molecule has 1 amide bonds. The van der Waals surface area contributed by atoms with E-state index in [0.717, 1.165) is 0 Å². The number of nitriles is 1. The molecule has 0 aliphatic carbocycles. The van der Waals surface area contributed by atoms with Crippen molar-refractivity contribution in [2.24, 2.45) is 0 Å². The molecule has 2 rings (SSSR count). The molecule has 0 aliphatic heterocycles. The summed E-state index contributed by atoms with van der Waals surface area (Å²) in [6.45, 7) is 5.35. The average Bonchev–Trinajstić information content (AvgIpc) is 2.59. The highest BCUT2D eigenvalue weighted by molar-refractivity contribution is 7.90. The third-order valence-electron chi connectivity index (χ3n) is 3.34. The van der Waals surface area contributed by atoms with Crippen molar-refractivity contribution < 1.29 is 17.9 Å². The van der Waals surface area contributed by atoms with E-state index in [9.17, 15) is 13.2 Å². The summed E-state index contributed by atoms with van der Waals surface area (Å²) in [5, 5.41) is 8.80. The Hall–Kier alpha value is -2.69. The molecule has 0 saturated heterocycles. The molecule has 26 heavy (non-hydrogen) atoms. The second-order valence-corrected chi connectivity index (χ2v) is 8.31. The summed E-state index contributed by atoms with van der Waals surface area (Å²) in [7, 11) is -4.08. The van der Waals surface area contributed by atoms with Gasteiger partial charge in [0, 0.05) is 0 Å². The first-order valence-corrected chi connectivity index (χ1v) is 9.40. The summed E-state index contributed by atoms with van der Waals surface area (Å²) < 4.78 is 32.8. The standard InChI is InChI=1S/C19H20N2O4S/c1-19(2,3)25-17(15-7-5-4-6-8-15)18(22)21-26(23,24)16-11-9-14(13-20)10-12-16/h4-12,17H,1-3H3,(H,21,22). The first-order chi connectivity index (χ1) is 12.1. The first-order valence-electron chi connectivity index (χ1n) is 7.92. The smallest absolute Gasteiger partial charge is 0.267 e. The first kappa shape index (κ1) is 19.6. The van der Waals surface area contributed by atoms with Gasteiger partial charge in [-0.1, -0.05) is 30.3 Å². The number of rotatable bonds is 5. The predicted molar refractivity (Wildman–Crippen MR) is 96.5 cm³/mol. The molecular formula is C19H20N2O4S. The zero-order valence-corrected chi connectivity index (χ0v) is 15.6. The van der Waals surface area contributed by atoms with Crippen LogP contribution in [0.15, 0.2) is 59.5 Å². The minimum absolute atomic E-state index is 0.104. The number of carbonyl (C=O) groups excluding carboxylic acids is 1. The van der Waals surface area contributed by atoms with E-state index in [-0.39, 0.29) is 4.90 Å². The zero-order chi connectivity index (χ0) is 19.4. The van der Waals surface area contributed by atoms with Crippen molar-refractivity contribution in [3.8, 4) is 6.07 Å². The number of nitrogens with one attached hydrogen (secondary N) is 1. The number of sulfonamides is 1. The van der Waals surface area contributed by atoms with Crippen LogP contribution in [0.5, 0.6) is 0 Å². The highest BCUT2D eigenvalue weighted by Gasteiger charge is 2.30. The lowest BCUT2D eigenvalue weighted by Gasteiger charge is -2.27. The Bertz CT molecular complexity index is 909. The maximum absolute atomic E-state index is 12.7. The van der Waals surface area contributed by atoms with Crippen molar-refractivity contribution in [3.05, 3.63) is 65.7 Å². The number of amides is 1. The third-order valence-corrected chi connectivity index (χ3v) is 4.70. The summed E-state index contributed by atoms with van der Waals surface area (Å²) in [5.41, 5.74) is 0.222. The fraction of sp³-hybridized carbons (Fsp3) is 0.263. The molecular weight excluding hydrogens is 352 g/mol. The molecule has 2 aromatic carbocycles. The van der Waals surface area contributed by atoms with E-state index in [1.165, 1.54) is 24.3 Å². The average molecular weight is 372 g/mol. The van der Waals surface area contributed by atoms with Gasteiger partial charge in [-0.05, 0) is 50.6 Å². The fourth-order valence-electron chi connectivity index (χ4n) is 2.21. The van der Waals surface area contributed by atoms with Gasteiger partial charge < -0.3 is 4.74 Å². The summed E-state index contributed by atoms with van der Waals surface area (Å²) in [6, 6.07) is 15.9. The number of benzene rings is 2. The molecule has 1 N–H and O–H groups in total. The summed E-state index contributed by atoms with van der Waals surface area (Å²) in [5.74, 6) is -0.782. The van der Waals surface area contributed by atoms with Crippen molar-refractivity contribution >= 4 is 15.9 Å². The molecule has 0 heterocycles. The number of ether oxygens (including phenoxy) is 1. The predicted octanol–water partition coefficient (Wildman–Crippen LogP) is 2.92. The van der Waals surface area contributed by atoms with Crippen LogP contribution in [0, 0.1) is 11.3 Å². The van der Waals surface area contributed by atoms with E-state index >= 15 is 0 Å². The van der Waals surface area contributed by atoms with Crippen LogP contribution in [0.1, 0.15) is 38.0 Å². The maximum atomic E-state index is 12.7. The van der Waals surface area contributed by atoms with E-state index in [1.54, 1.807) is 51.1 Å². The zero-order valence-electron chi connectivity index (χ0n) is 14.8. The minimum atomic E-state index is -4.08. The lowest BCUT2D eigenvalue weighted by atomic mass is 10.1. The Kier molecular flexibility index (Phi) is 5.80. The lowest BCUT2D eigenvalue weighted by Crippen LogP contribution is -2.38. The van der Waals surface area contributed by atoms with Gasteiger partial charge in [-0.2, -0.15) is 5.26 Å². The molecule has 0 bridgehead atoms. The van der Waals surface area contributed by atoms with E-state index in [0.29, 0.717) is 11.1 Å². The quantitative estimate of drug-likeness (QED) is 0.870. The molecule has 2 aromatic rings. The van der Waals surface area contributed by atoms with Gasteiger partial charge in [-0.3, -0.25) is 4.79 Å². The van der Waals surface area contributed by atoms with Gasteiger partial charge in [0.15, 0.2) is 6.10 Å². The summed E-state index contributed by atoms with van der Waals surface area (Å²) >= 11 is 0. The van der Waals surface area contributed by atoms with Gasteiger partial charge >= 0.3 is 0 Å². The van der Waals surface area contributed by atoms with Crippen molar-refractivity contribution in [2.75, 3.05) is 0 Å². The Balaban J connectivity index is 2.29. The van der Waals surface area contributed by atoms with Gasteiger partial charge in [0.1, 0.15) is 0 Å². The van der Waals surface area contributed by atoms with Crippen molar-refractivity contribution in [2.45, 2.75) is 37.4 Å². The second-order valence-electron chi connectivity index (χ2n) is 6.63. The van der Waals surface area contributed by atoms with Crippen LogP contribution in [0.2, 0.25) is 0 Å². The number of hydrogen-bond donors (Lipinski definition) is 1. The molecule has 0 spiro atoms. The third kappa shape index (κ3) is 5.15. The fourth-order valence-corrected chi connectivity index (χ4v) is 3.19. The van der Waals surface area contributed by atoms with Crippen LogP contribution < -0.4 is 4.72 Å². The Morgan fingerprint density at radius 2 is 1.65 bits per heavy atom. The van der Waals surface area contributed by atoms with Crippen LogP contribution in [0.3, 0.4) is 0 Å². The highest BCUT2D eigenvalue weighted by atomic mass is 32.2. The molecule has 136 valence electrons. The molecule has 0 fully saturated rings. The van der Waals surface area contributed by atoms with Gasteiger partial charge in [-0.15, -0.1) is 0 Å². The van der Waals surface area contributed by atoms with Gasteiger partial charge in [0.05, 0.1) is 22.1 Å². The van der Waals surface area contributed by atoms with E-state index in [1.807, 2.05) is 6.07 Å². The maximum Gasteiger partial charge on any atom is 0.267 e. The van der Waals surface area contributed by atoms with E-state index < -0.39 is 27.6 Å². The summed E-state index contributed by atoms with van der Waals surface area (Å²) in [6.07, 6.45) is -1.08. The molecule has 7 heteroatoms. The molecule has 6 nitrogen and oxygen atoms in total. The van der Waals surface area contributed by atoms with Crippen LogP contribution >= 0.6 is 0 Å². The second kappa shape index (κ2) is 7.68. The Labute approximate surface area is 153 Å². The van der Waals surface area contributed by atoms with Crippen LogP contribution in [-0.2, 0) is 19.6 Å². The van der Waals surface area contributed by atoms with Crippen LogP contribution in [-0.4, -0.2) is 19.9 Å². The molecule has 0 saturated carbocycles. The lowest BCUT2D eigenvalue weighted by molar-refractivity contribution is -0.141. The van der Waals surface area contributed by atoms with Crippen LogP contribution in [0.25, 0.3) is 0 Å². The SMILES string of the molecule is CC(C)(C)OC(C(=O)NS(=O)(=O)c1ccc(C#N)cc1)c1ccccc1. The number of hydrogen-bond acceptors (Lipinski definition) is 5. The minimum Gasteiger partial charge on any atom is -0.358 e. The van der Waals surface area contributed by atoms with Crippen molar-refractivity contribution in [3.63, 3.8) is 0 Å². The normalized spacial score (nSPS) is 12.8. The van der Waals surface area contributed by atoms with Crippen LogP contribution in [0.4, 0.5) is 0 Å². The molecule has 1 atom stereocenters. The Morgan fingerprint density at radius 1 is 1.08 bits per heavy atom. The van der Waals surface area contributed by atoms with Crippen molar-refractivity contribution in [1.29, 1.82) is 5.26 Å². The highest BCUT2D eigenvalue weighted by Crippen LogP contribution is 2.25. The molecule has 1 unspecified atom stereocenters. The van der Waals surface area contributed by atoms with E-state index in [2.05, 4.69) is 4.72 Å². The van der Waals surface area contributed by atoms with E-state index in [4.69, 9.17) is 10.00 Å². The number of carbonyl (C=O) groups is 1. The topological polar surface area (TPSA) is 96.3 Å². The Morgan fingerprint density at radius 3 is 2.15 bits per heavy atom. The number of nitrogens with zero attached hydrogens (tertiary/aromatic N) is 1. The van der Waals surface area contributed by atoms with Gasteiger partial charge in [0.25, 0.3) is 15.9 Å². The molecule has 0 aromatic heterocycles. The summed E-state index contributed by atoms with van der Waals surface area (Å²) in [4.78, 5) is 12.6. The van der Waals surface area contributed by atoms with Crippen molar-refractivity contribution in [1.82, 2.24) is 4.72 Å². The molecule has 0 radical (unpaired) electrons. The van der Waals surface area contributed by atoms with Gasteiger partial charge in [-0.25, -0.2) is 13.1 Å². The van der Waals surface area contributed by atoms with Gasteiger partial charge in [0.2, 0.25) is 0 Å². The monoisotopic (exact) mass is 372 g/mol. The largest absolute Gasteiger partial charge is 0.358 e.